The Hall–Kier alpha value is -1.52. The molecule has 3 rings (SSSR count). The number of halogens is 1. The van der Waals surface area contributed by atoms with Crippen LogP contribution in [0.5, 0.6) is 0 Å². The molecule has 1 aromatic heterocycles. The molecule has 2 N–H and O–H groups in total. The topological polar surface area (TPSA) is 52.3 Å². The van der Waals surface area contributed by atoms with Crippen LogP contribution in [0.3, 0.4) is 0 Å². The van der Waals surface area contributed by atoms with Crippen molar-refractivity contribution < 1.29 is 9.53 Å². The number of carbonyl (C=O) groups excluding carboxylic acids is 1. The third kappa shape index (κ3) is 2.54. The summed E-state index contributed by atoms with van der Waals surface area (Å²) < 4.78 is 5.73. The smallest absolute Gasteiger partial charge is 0.341 e. The van der Waals surface area contributed by atoms with Gasteiger partial charge in [0.05, 0.1) is 16.5 Å². The zero-order valence-corrected chi connectivity index (χ0v) is 13.3. The minimum Gasteiger partial charge on any atom is -0.462 e. The van der Waals surface area contributed by atoms with Crippen LogP contribution >= 0.6 is 22.9 Å². The van der Waals surface area contributed by atoms with Crippen LogP contribution < -0.4 is 5.73 Å². The lowest BCUT2D eigenvalue weighted by Crippen LogP contribution is -2.11. The van der Waals surface area contributed by atoms with Crippen LogP contribution in [0.25, 0.3) is 0 Å². The zero-order chi connectivity index (χ0) is 15.0. The molecule has 0 saturated carbocycles. The second-order valence-electron chi connectivity index (χ2n) is 5.12. The van der Waals surface area contributed by atoms with E-state index in [0.717, 1.165) is 18.4 Å². The Morgan fingerprint density at radius 2 is 2.00 bits per heavy atom. The minimum absolute atomic E-state index is 0.197. The standard InChI is InChI=1S/C16H16ClNO2S/c1-2-20-16(19)13-12(14(17)21-15(13)18)11-7-9-5-3-4-6-10(9)8-11/h3-6,11H,2,7-8,18H2,1H3. The van der Waals surface area contributed by atoms with Crippen molar-refractivity contribution in [2.75, 3.05) is 12.3 Å². The van der Waals surface area contributed by atoms with Gasteiger partial charge in [-0.25, -0.2) is 4.79 Å². The Bertz CT molecular complexity index is 671. The lowest BCUT2D eigenvalue weighted by molar-refractivity contribution is 0.0526. The number of thiophene rings is 1. The van der Waals surface area contributed by atoms with Crippen LogP contribution in [-0.2, 0) is 17.6 Å². The van der Waals surface area contributed by atoms with Gasteiger partial charge in [-0.1, -0.05) is 35.9 Å². The van der Waals surface area contributed by atoms with Gasteiger partial charge in [-0.3, -0.25) is 0 Å². The summed E-state index contributed by atoms with van der Waals surface area (Å²) in [5, 5.41) is 0.449. The Morgan fingerprint density at radius 3 is 2.57 bits per heavy atom. The van der Waals surface area contributed by atoms with Crippen LogP contribution in [0.2, 0.25) is 4.34 Å². The number of hydrogen-bond donors (Lipinski definition) is 1. The summed E-state index contributed by atoms with van der Waals surface area (Å²) >= 11 is 7.61. The maximum absolute atomic E-state index is 12.2. The molecule has 0 fully saturated rings. The average molecular weight is 322 g/mol. The Morgan fingerprint density at radius 1 is 1.38 bits per heavy atom. The van der Waals surface area contributed by atoms with Crippen LogP contribution in [-0.4, -0.2) is 12.6 Å². The third-order valence-corrected chi connectivity index (χ3v) is 5.12. The van der Waals surface area contributed by atoms with Gasteiger partial charge in [0.25, 0.3) is 0 Å². The molecule has 2 aromatic rings. The van der Waals surface area contributed by atoms with Gasteiger partial charge in [0.2, 0.25) is 0 Å². The lowest BCUT2D eigenvalue weighted by atomic mass is 9.95. The predicted octanol–water partition coefficient (Wildman–Crippen LogP) is 4.04. The van der Waals surface area contributed by atoms with E-state index in [2.05, 4.69) is 12.1 Å². The first kappa shape index (κ1) is 14.4. The molecule has 0 bridgehead atoms. The van der Waals surface area contributed by atoms with E-state index in [1.807, 2.05) is 12.1 Å². The minimum atomic E-state index is -0.371. The second-order valence-corrected chi connectivity index (χ2v) is 6.78. The van der Waals surface area contributed by atoms with Crippen molar-refractivity contribution in [1.82, 2.24) is 0 Å². The molecule has 0 spiro atoms. The van der Waals surface area contributed by atoms with Crippen molar-refractivity contribution in [1.29, 1.82) is 0 Å². The van der Waals surface area contributed by atoms with Gasteiger partial charge in [0, 0.05) is 5.56 Å². The van der Waals surface area contributed by atoms with E-state index in [1.54, 1.807) is 6.92 Å². The Balaban J connectivity index is 1.99. The molecule has 0 radical (unpaired) electrons. The predicted molar refractivity (Wildman–Crippen MR) is 86.3 cm³/mol. The monoisotopic (exact) mass is 321 g/mol. The highest BCUT2D eigenvalue weighted by Gasteiger charge is 2.32. The molecule has 1 aromatic carbocycles. The lowest BCUT2D eigenvalue weighted by Gasteiger charge is -2.11. The molecule has 0 aliphatic heterocycles. The van der Waals surface area contributed by atoms with Gasteiger partial charge in [0.1, 0.15) is 5.00 Å². The second kappa shape index (κ2) is 5.70. The molecule has 21 heavy (non-hydrogen) atoms. The number of rotatable bonds is 3. The Labute approximate surface area is 132 Å². The van der Waals surface area contributed by atoms with Crippen LogP contribution in [0.15, 0.2) is 24.3 Å². The number of benzene rings is 1. The number of nitrogens with two attached hydrogens (primary N) is 1. The number of ether oxygens (including phenoxy) is 1. The summed E-state index contributed by atoms with van der Waals surface area (Å²) in [7, 11) is 0. The third-order valence-electron chi connectivity index (χ3n) is 3.87. The molecular formula is C16H16ClNO2S. The van der Waals surface area contributed by atoms with Crippen LogP contribution in [0.1, 0.15) is 39.9 Å². The number of nitrogen functional groups attached to an aromatic ring is 1. The SMILES string of the molecule is CCOC(=O)c1c(N)sc(Cl)c1C1Cc2ccccc2C1. The molecule has 0 saturated heterocycles. The number of esters is 1. The zero-order valence-electron chi connectivity index (χ0n) is 11.7. The fourth-order valence-corrected chi connectivity index (χ4v) is 4.34. The average Bonchev–Trinajstić information content (AvgIpc) is 2.98. The van der Waals surface area contributed by atoms with Gasteiger partial charge in [-0.15, -0.1) is 11.3 Å². The maximum Gasteiger partial charge on any atom is 0.341 e. The van der Waals surface area contributed by atoms with Crippen LogP contribution in [0, 0.1) is 0 Å². The molecule has 5 heteroatoms. The van der Waals surface area contributed by atoms with Gasteiger partial charge < -0.3 is 10.5 Å². The van der Waals surface area contributed by atoms with Gasteiger partial charge in [-0.2, -0.15) is 0 Å². The molecule has 0 atom stereocenters. The van der Waals surface area contributed by atoms with Crippen LogP contribution in [0.4, 0.5) is 5.00 Å². The van der Waals surface area contributed by atoms with Gasteiger partial charge in [-0.05, 0) is 36.8 Å². The molecule has 1 heterocycles. The highest BCUT2D eigenvalue weighted by molar-refractivity contribution is 7.20. The molecular weight excluding hydrogens is 306 g/mol. The molecule has 1 aliphatic carbocycles. The van der Waals surface area contributed by atoms with Crippen molar-refractivity contribution >= 4 is 33.9 Å². The largest absolute Gasteiger partial charge is 0.462 e. The molecule has 1 aliphatic rings. The summed E-state index contributed by atoms with van der Waals surface area (Å²) in [6.07, 6.45) is 1.77. The van der Waals surface area contributed by atoms with Crippen molar-refractivity contribution in [3.63, 3.8) is 0 Å². The van der Waals surface area contributed by atoms with Crippen molar-refractivity contribution in [3.8, 4) is 0 Å². The quantitative estimate of drug-likeness (QED) is 0.868. The number of carbonyl (C=O) groups is 1. The molecule has 3 nitrogen and oxygen atoms in total. The highest BCUT2D eigenvalue weighted by atomic mass is 35.5. The molecule has 0 amide bonds. The van der Waals surface area contributed by atoms with E-state index < -0.39 is 0 Å². The number of hydrogen-bond acceptors (Lipinski definition) is 4. The van der Waals surface area contributed by atoms with Crippen molar-refractivity contribution in [2.24, 2.45) is 0 Å². The fourth-order valence-electron chi connectivity index (χ4n) is 2.97. The van der Waals surface area contributed by atoms with E-state index >= 15 is 0 Å². The summed E-state index contributed by atoms with van der Waals surface area (Å²) in [4.78, 5) is 12.2. The highest BCUT2D eigenvalue weighted by Crippen LogP contribution is 2.45. The van der Waals surface area contributed by atoms with E-state index in [-0.39, 0.29) is 11.9 Å². The van der Waals surface area contributed by atoms with E-state index in [0.29, 0.717) is 21.5 Å². The van der Waals surface area contributed by atoms with E-state index in [4.69, 9.17) is 22.1 Å². The summed E-state index contributed by atoms with van der Waals surface area (Å²) in [5.74, 6) is -0.174. The molecule has 0 unspecified atom stereocenters. The summed E-state index contributed by atoms with van der Waals surface area (Å²) in [6.45, 7) is 2.11. The normalized spacial score (nSPS) is 14.2. The van der Waals surface area contributed by atoms with Crippen molar-refractivity contribution in [2.45, 2.75) is 25.7 Å². The number of anilines is 1. The summed E-state index contributed by atoms with van der Waals surface area (Å²) in [6, 6.07) is 8.33. The first-order chi connectivity index (χ1) is 10.1. The number of fused-ring (bicyclic) bond motifs is 1. The van der Waals surface area contributed by atoms with Gasteiger partial charge >= 0.3 is 5.97 Å². The maximum atomic E-state index is 12.2. The van der Waals surface area contributed by atoms with Crippen molar-refractivity contribution in [3.05, 3.63) is 50.9 Å². The van der Waals surface area contributed by atoms with E-state index in [9.17, 15) is 4.79 Å². The fraction of sp³-hybridized carbons (Fsp3) is 0.312. The first-order valence-electron chi connectivity index (χ1n) is 6.93. The summed E-state index contributed by atoms with van der Waals surface area (Å²) in [5.41, 5.74) is 9.93. The molecule has 110 valence electrons. The van der Waals surface area contributed by atoms with E-state index in [1.165, 1.54) is 22.5 Å². The van der Waals surface area contributed by atoms with Gasteiger partial charge in [0.15, 0.2) is 0 Å². The first-order valence-corrected chi connectivity index (χ1v) is 8.12. The Kier molecular flexibility index (Phi) is 3.91.